The summed E-state index contributed by atoms with van der Waals surface area (Å²) in [7, 11) is 0. The number of amides is 1. The summed E-state index contributed by atoms with van der Waals surface area (Å²) in [5.74, 6) is -2.56. The molecule has 0 N–H and O–H groups in total. The topological polar surface area (TPSA) is 44.1 Å². The van der Waals surface area contributed by atoms with E-state index >= 15 is 0 Å². The van der Waals surface area contributed by atoms with Crippen LogP contribution in [-0.2, 0) is 6.18 Å². The van der Waals surface area contributed by atoms with Crippen LogP contribution in [0.1, 0.15) is 28.8 Å². The zero-order chi connectivity index (χ0) is 16.5. The molecule has 3 nitrogen and oxygen atoms in total. The van der Waals surface area contributed by atoms with Gasteiger partial charge >= 0.3 is 6.18 Å². The van der Waals surface area contributed by atoms with E-state index in [0.717, 1.165) is 6.07 Å². The highest BCUT2D eigenvalue weighted by Gasteiger charge is 2.37. The molecule has 0 spiro atoms. The number of halogens is 5. The Kier molecular flexibility index (Phi) is 4.75. The van der Waals surface area contributed by atoms with Crippen molar-refractivity contribution in [1.82, 2.24) is 4.90 Å². The molecule has 118 valence electrons. The molecular formula is C14H11BrF4N2O. The highest BCUT2D eigenvalue weighted by Crippen LogP contribution is 2.35. The van der Waals surface area contributed by atoms with Gasteiger partial charge in [-0.3, -0.25) is 4.79 Å². The van der Waals surface area contributed by atoms with Crippen molar-refractivity contribution in [2.24, 2.45) is 5.92 Å². The fourth-order valence-corrected chi connectivity index (χ4v) is 2.81. The first kappa shape index (κ1) is 16.7. The van der Waals surface area contributed by atoms with Gasteiger partial charge in [0, 0.05) is 23.5 Å². The maximum absolute atomic E-state index is 14.1. The van der Waals surface area contributed by atoms with Crippen LogP contribution in [0.2, 0.25) is 0 Å². The van der Waals surface area contributed by atoms with Gasteiger partial charge in [-0.15, -0.1) is 0 Å². The van der Waals surface area contributed by atoms with E-state index in [0.29, 0.717) is 18.9 Å². The summed E-state index contributed by atoms with van der Waals surface area (Å²) >= 11 is 2.93. The van der Waals surface area contributed by atoms with Gasteiger partial charge in [0.25, 0.3) is 5.91 Å². The lowest BCUT2D eigenvalue weighted by atomic mass is 9.97. The van der Waals surface area contributed by atoms with Crippen molar-refractivity contribution in [2.75, 3.05) is 13.1 Å². The summed E-state index contributed by atoms with van der Waals surface area (Å²) < 4.78 is 52.3. The van der Waals surface area contributed by atoms with Crippen molar-refractivity contribution in [3.8, 4) is 6.07 Å². The fraction of sp³-hybridized carbons (Fsp3) is 0.429. The van der Waals surface area contributed by atoms with Crippen LogP contribution in [-0.4, -0.2) is 23.9 Å². The van der Waals surface area contributed by atoms with E-state index in [4.69, 9.17) is 5.26 Å². The fourth-order valence-electron chi connectivity index (χ4n) is 2.34. The van der Waals surface area contributed by atoms with Crippen molar-refractivity contribution in [3.63, 3.8) is 0 Å². The van der Waals surface area contributed by atoms with Crippen LogP contribution in [0, 0.1) is 23.1 Å². The first-order valence-corrected chi connectivity index (χ1v) is 7.29. The van der Waals surface area contributed by atoms with Gasteiger partial charge in [0.15, 0.2) is 0 Å². The van der Waals surface area contributed by atoms with E-state index in [9.17, 15) is 22.4 Å². The first-order valence-electron chi connectivity index (χ1n) is 6.49. The minimum Gasteiger partial charge on any atom is -0.338 e. The van der Waals surface area contributed by atoms with Gasteiger partial charge in [-0.1, -0.05) is 0 Å². The molecule has 0 atom stereocenters. The van der Waals surface area contributed by atoms with Crippen LogP contribution >= 0.6 is 15.9 Å². The van der Waals surface area contributed by atoms with E-state index in [1.165, 1.54) is 4.90 Å². The Hall–Kier alpha value is -1.62. The number of carbonyl (C=O) groups excluding carboxylic acids is 1. The van der Waals surface area contributed by atoms with Crippen molar-refractivity contribution in [2.45, 2.75) is 19.0 Å². The molecule has 1 amide bonds. The maximum Gasteiger partial charge on any atom is 0.419 e. The summed E-state index contributed by atoms with van der Waals surface area (Å²) in [5.41, 5.74) is -2.09. The van der Waals surface area contributed by atoms with Crippen molar-refractivity contribution in [3.05, 3.63) is 33.5 Å². The minimum atomic E-state index is -4.87. The lowest BCUT2D eigenvalue weighted by molar-refractivity contribution is -0.140. The van der Waals surface area contributed by atoms with Crippen molar-refractivity contribution in [1.29, 1.82) is 5.26 Å². The molecule has 0 unspecified atom stereocenters. The van der Waals surface area contributed by atoms with E-state index in [1.807, 2.05) is 0 Å². The molecule has 0 aromatic heterocycles. The third-order valence-electron chi connectivity index (χ3n) is 3.58. The predicted molar refractivity (Wildman–Crippen MR) is 73.3 cm³/mol. The normalized spacial score (nSPS) is 16.5. The molecule has 0 saturated carbocycles. The standard InChI is InChI=1S/C14H11BrF4N2O/c15-10-2-1-9(14(17,18)19)12(16)11(10)13(22)21-5-3-8(7-20)4-6-21/h1-2,8H,3-6H2. The Morgan fingerprint density at radius 3 is 2.41 bits per heavy atom. The Balaban J connectivity index is 2.33. The van der Waals surface area contributed by atoms with Gasteiger partial charge in [-0.05, 0) is 40.9 Å². The zero-order valence-corrected chi connectivity index (χ0v) is 12.8. The third-order valence-corrected chi connectivity index (χ3v) is 4.24. The van der Waals surface area contributed by atoms with Crippen LogP contribution in [0.15, 0.2) is 16.6 Å². The van der Waals surface area contributed by atoms with Crippen molar-refractivity contribution < 1.29 is 22.4 Å². The molecule has 1 aliphatic heterocycles. The maximum atomic E-state index is 14.1. The Labute approximate surface area is 132 Å². The number of piperidine rings is 1. The quantitative estimate of drug-likeness (QED) is 0.693. The Morgan fingerprint density at radius 1 is 1.32 bits per heavy atom. The lowest BCUT2D eigenvalue weighted by Crippen LogP contribution is -2.39. The number of benzene rings is 1. The second-order valence-corrected chi connectivity index (χ2v) is 5.83. The smallest absolute Gasteiger partial charge is 0.338 e. The van der Waals surface area contributed by atoms with Gasteiger partial charge in [0.05, 0.1) is 17.2 Å². The summed E-state index contributed by atoms with van der Waals surface area (Å²) in [6, 6.07) is 3.70. The van der Waals surface area contributed by atoms with Crippen LogP contribution < -0.4 is 0 Å². The largest absolute Gasteiger partial charge is 0.419 e. The third kappa shape index (κ3) is 3.24. The van der Waals surface area contributed by atoms with Gasteiger partial charge < -0.3 is 4.90 Å². The summed E-state index contributed by atoms with van der Waals surface area (Å²) in [6.45, 7) is 0.443. The van der Waals surface area contributed by atoms with Crippen LogP contribution in [0.4, 0.5) is 17.6 Å². The van der Waals surface area contributed by atoms with Crippen LogP contribution in [0.3, 0.4) is 0 Å². The van der Waals surface area contributed by atoms with E-state index in [1.54, 1.807) is 0 Å². The molecule has 1 heterocycles. The molecular weight excluding hydrogens is 368 g/mol. The SMILES string of the molecule is N#CC1CCN(C(=O)c2c(Br)ccc(C(F)(F)F)c2F)CC1. The summed E-state index contributed by atoms with van der Waals surface area (Å²) in [4.78, 5) is 13.6. The number of nitriles is 1. The van der Waals surface area contributed by atoms with Gasteiger partial charge in [-0.25, -0.2) is 4.39 Å². The average Bonchev–Trinajstić information content (AvgIpc) is 2.45. The average molecular weight is 379 g/mol. The minimum absolute atomic E-state index is 0.0228. The number of alkyl halides is 3. The molecule has 0 aliphatic carbocycles. The summed E-state index contributed by atoms with van der Waals surface area (Å²) in [6.07, 6.45) is -4.01. The monoisotopic (exact) mass is 378 g/mol. The molecule has 1 aliphatic rings. The van der Waals surface area contributed by atoms with Gasteiger partial charge in [0.1, 0.15) is 5.82 Å². The summed E-state index contributed by atoms with van der Waals surface area (Å²) in [5, 5.41) is 8.80. The van der Waals surface area contributed by atoms with Gasteiger partial charge in [-0.2, -0.15) is 18.4 Å². The highest BCUT2D eigenvalue weighted by molar-refractivity contribution is 9.10. The number of hydrogen-bond donors (Lipinski definition) is 0. The molecule has 2 rings (SSSR count). The zero-order valence-electron chi connectivity index (χ0n) is 11.3. The van der Waals surface area contributed by atoms with E-state index in [-0.39, 0.29) is 23.5 Å². The number of rotatable bonds is 1. The lowest BCUT2D eigenvalue weighted by Gasteiger charge is -2.29. The molecule has 0 bridgehead atoms. The number of carbonyl (C=O) groups is 1. The Bertz CT molecular complexity index is 631. The number of hydrogen-bond acceptors (Lipinski definition) is 2. The molecule has 22 heavy (non-hydrogen) atoms. The molecule has 0 radical (unpaired) electrons. The molecule has 1 fully saturated rings. The van der Waals surface area contributed by atoms with Crippen LogP contribution in [0.25, 0.3) is 0 Å². The Morgan fingerprint density at radius 2 is 1.91 bits per heavy atom. The second-order valence-electron chi connectivity index (χ2n) is 4.98. The molecule has 1 aromatic rings. The first-order chi connectivity index (χ1) is 10.3. The van der Waals surface area contributed by atoms with Gasteiger partial charge in [0.2, 0.25) is 0 Å². The predicted octanol–water partition coefficient (Wildman–Crippen LogP) is 3.98. The highest BCUT2D eigenvalue weighted by atomic mass is 79.9. The van der Waals surface area contributed by atoms with Crippen molar-refractivity contribution >= 4 is 21.8 Å². The molecule has 1 aromatic carbocycles. The van der Waals surface area contributed by atoms with E-state index in [2.05, 4.69) is 22.0 Å². The number of nitrogens with zero attached hydrogens (tertiary/aromatic N) is 2. The second kappa shape index (κ2) is 6.24. The van der Waals surface area contributed by atoms with Crippen LogP contribution in [0.5, 0.6) is 0 Å². The molecule has 8 heteroatoms. The number of likely N-dealkylation sites (tertiary alicyclic amines) is 1. The molecule has 1 saturated heterocycles. The van der Waals surface area contributed by atoms with E-state index < -0.39 is 29.0 Å².